The highest BCUT2D eigenvalue weighted by molar-refractivity contribution is 5.73. The maximum Gasteiger partial charge on any atom is 0.309 e. The van der Waals surface area contributed by atoms with Crippen molar-refractivity contribution in [2.45, 2.75) is 66.4 Å². The van der Waals surface area contributed by atoms with Crippen LogP contribution in [0.3, 0.4) is 0 Å². The molecule has 5 atom stereocenters. The standard InChI is InChI=1S/C17H30O2/c1-10(2)6-14(11(3)4)17(18)19-16-9-13-7-12(5)15(16)8-13/h10-16H,6-9H2,1-5H3. The summed E-state index contributed by atoms with van der Waals surface area (Å²) in [7, 11) is 0. The minimum Gasteiger partial charge on any atom is -0.462 e. The number of hydrogen-bond acceptors (Lipinski definition) is 2. The molecule has 0 aromatic heterocycles. The maximum atomic E-state index is 12.4. The number of carbonyl (C=O) groups is 1. The van der Waals surface area contributed by atoms with Crippen molar-refractivity contribution >= 4 is 5.97 Å². The number of esters is 1. The molecule has 0 aliphatic heterocycles. The van der Waals surface area contributed by atoms with Crippen molar-refractivity contribution in [3.63, 3.8) is 0 Å². The van der Waals surface area contributed by atoms with Crippen molar-refractivity contribution in [2.75, 3.05) is 0 Å². The van der Waals surface area contributed by atoms with Gasteiger partial charge in [0.2, 0.25) is 0 Å². The zero-order valence-corrected chi connectivity index (χ0v) is 13.2. The van der Waals surface area contributed by atoms with Crippen molar-refractivity contribution in [3.05, 3.63) is 0 Å². The number of fused-ring (bicyclic) bond motifs is 2. The van der Waals surface area contributed by atoms with E-state index in [9.17, 15) is 4.79 Å². The molecule has 0 radical (unpaired) electrons. The van der Waals surface area contributed by atoms with Gasteiger partial charge in [-0.15, -0.1) is 0 Å². The van der Waals surface area contributed by atoms with Crippen molar-refractivity contribution in [1.82, 2.24) is 0 Å². The molecule has 0 heterocycles. The molecule has 2 aliphatic rings. The Bertz CT molecular complexity index is 321. The largest absolute Gasteiger partial charge is 0.462 e. The van der Waals surface area contributed by atoms with Gasteiger partial charge in [0, 0.05) is 0 Å². The summed E-state index contributed by atoms with van der Waals surface area (Å²) >= 11 is 0. The van der Waals surface area contributed by atoms with E-state index < -0.39 is 0 Å². The summed E-state index contributed by atoms with van der Waals surface area (Å²) in [4.78, 5) is 12.4. The Balaban J connectivity index is 1.92. The Morgan fingerprint density at radius 2 is 1.84 bits per heavy atom. The van der Waals surface area contributed by atoms with Crippen LogP contribution in [0.4, 0.5) is 0 Å². The molecule has 0 amide bonds. The Morgan fingerprint density at radius 1 is 1.16 bits per heavy atom. The molecule has 110 valence electrons. The summed E-state index contributed by atoms with van der Waals surface area (Å²) < 4.78 is 5.90. The molecule has 2 nitrogen and oxygen atoms in total. The number of hydrogen-bond donors (Lipinski definition) is 0. The fourth-order valence-corrected chi connectivity index (χ4v) is 4.15. The Labute approximate surface area is 118 Å². The van der Waals surface area contributed by atoms with Crippen molar-refractivity contribution in [2.24, 2.45) is 35.5 Å². The second-order valence-corrected chi connectivity index (χ2v) is 7.67. The molecule has 0 aromatic rings. The van der Waals surface area contributed by atoms with Crippen LogP contribution >= 0.6 is 0 Å². The Morgan fingerprint density at radius 3 is 2.32 bits per heavy atom. The van der Waals surface area contributed by atoms with Gasteiger partial charge in [-0.1, -0.05) is 34.6 Å². The average molecular weight is 266 g/mol. The predicted octanol–water partition coefficient (Wildman–Crippen LogP) is 4.28. The normalized spacial score (nSPS) is 35.1. The SMILES string of the molecule is CC(C)CC(C(=O)OC1CC2CC(C)C1C2)C(C)C. The van der Waals surface area contributed by atoms with Gasteiger partial charge in [0.05, 0.1) is 5.92 Å². The van der Waals surface area contributed by atoms with E-state index in [0.29, 0.717) is 17.8 Å². The highest BCUT2D eigenvalue weighted by Gasteiger charge is 2.46. The van der Waals surface area contributed by atoms with Gasteiger partial charge in [0.25, 0.3) is 0 Å². The highest BCUT2D eigenvalue weighted by atomic mass is 16.5. The first kappa shape index (κ1) is 14.9. The van der Waals surface area contributed by atoms with E-state index in [1.807, 2.05) is 0 Å². The summed E-state index contributed by atoms with van der Waals surface area (Å²) in [5.41, 5.74) is 0. The van der Waals surface area contributed by atoms with Crippen LogP contribution in [0.25, 0.3) is 0 Å². The van der Waals surface area contributed by atoms with Crippen LogP contribution in [0, 0.1) is 35.5 Å². The van der Waals surface area contributed by atoms with E-state index in [2.05, 4.69) is 34.6 Å². The summed E-state index contributed by atoms with van der Waals surface area (Å²) in [6.07, 6.45) is 4.92. The van der Waals surface area contributed by atoms with E-state index in [1.165, 1.54) is 12.8 Å². The van der Waals surface area contributed by atoms with Crippen LogP contribution < -0.4 is 0 Å². The van der Waals surface area contributed by atoms with Crippen LogP contribution in [0.1, 0.15) is 60.3 Å². The molecule has 2 saturated carbocycles. The lowest BCUT2D eigenvalue weighted by Gasteiger charge is -2.29. The predicted molar refractivity (Wildman–Crippen MR) is 77.7 cm³/mol. The molecule has 2 aliphatic carbocycles. The van der Waals surface area contributed by atoms with Crippen molar-refractivity contribution in [1.29, 1.82) is 0 Å². The summed E-state index contributed by atoms with van der Waals surface area (Å²) in [5, 5.41) is 0. The van der Waals surface area contributed by atoms with E-state index >= 15 is 0 Å². The van der Waals surface area contributed by atoms with Gasteiger partial charge in [-0.3, -0.25) is 4.79 Å². The van der Waals surface area contributed by atoms with Gasteiger partial charge < -0.3 is 4.74 Å². The molecule has 2 heteroatoms. The lowest BCUT2D eigenvalue weighted by atomic mass is 9.86. The molecule has 2 bridgehead atoms. The Kier molecular flexibility index (Phi) is 4.58. The molecular weight excluding hydrogens is 236 g/mol. The average Bonchev–Trinajstić information content (AvgIpc) is 2.83. The van der Waals surface area contributed by atoms with Crippen LogP contribution in [-0.2, 0) is 9.53 Å². The number of carbonyl (C=O) groups excluding carboxylic acids is 1. The van der Waals surface area contributed by atoms with Crippen LogP contribution in [0.15, 0.2) is 0 Å². The maximum absolute atomic E-state index is 12.4. The third-order valence-electron chi connectivity index (χ3n) is 5.19. The topological polar surface area (TPSA) is 26.3 Å². The summed E-state index contributed by atoms with van der Waals surface area (Å²) in [6.45, 7) is 11.0. The van der Waals surface area contributed by atoms with Gasteiger partial charge in [-0.2, -0.15) is 0 Å². The number of ether oxygens (including phenoxy) is 1. The van der Waals surface area contributed by atoms with Crippen LogP contribution in [-0.4, -0.2) is 12.1 Å². The van der Waals surface area contributed by atoms with Crippen LogP contribution in [0.2, 0.25) is 0 Å². The summed E-state index contributed by atoms with van der Waals surface area (Å²) in [5.74, 6) is 3.29. The van der Waals surface area contributed by atoms with Gasteiger partial charge >= 0.3 is 5.97 Å². The molecule has 0 N–H and O–H groups in total. The fourth-order valence-electron chi connectivity index (χ4n) is 4.15. The van der Waals surface area contributed by atoms with Gasteiger partial charge in [-0.25, -0.2) is 0 Å². The molecule has 0 spiro atoms. The molecule has 0 aromatic carbocycles. The third-order valence-corrected chi connectivity index (χ3v) is 5.19. The molecular formula is C17H30O2. The van der Waals surface area contributed by atoms with E-state index in [0.717, 1.165) is 24.7 Å². The first-order chi connectivity index (χ1) is 8.88. The monoisotopic (exact) mass is 266 g/mol. The lowest BCUT2D eigenvalue weighted by Crippen LogP contribution is -2.33. The third kappa shape index (κ3) is 3.32. The molecule has 0 saturated heterocycles. The van der Waals surface area contributed by atoms with Gasteiger partial charge in [0.15, 0.2) is 0 Å². The second-order valence-electron chi connectivity index (χ2n) is 7.67. The minimum atomic E-state index is 0.0634. The lowest BCUT2D eigenvalue weighted by molar-refractivity contribution is -0.159. The second kappa shape index (κ2) is 5.85. The first-order valence-electron chi connectivity index (χ1n) is 8.09. The molecule has 2 rings (SSSR count). The number of rotatable bonds is 5. The zero-order valence-electron chi connectivity index (χ0n) is 13.2. The highest BCUT2D eigenvalue weighted by Crippen LogP contribution is 2.49. The Hall–Kier alpha value is -0.530. The van der Waals surface area contributed by atoms with E-state index in [1.54, 1.807) is 0 Å². The first-order valence-corrected chi connectivity index (χ1v) is 8.09. The molecule has 19 heavy (non-hydrogen) atoms. The molecule has 2 fully saturated rings. The van der Waals surface area contributed by atoms with Crippen LogP contribution in [0.5, 0.6) is 0 Å². The smallest absolute Gasteiger partial charge is 0.309 e. The molecule has 5 unspecified atom stereocenters. The van der Waals surface area contributed by atoms with Gasteiger partial charge in [0.1, 0.15) is 6.10 Å². The van der Waals surface area contributed by atoms with Gasteiger partial charge in [-0.05, 0) is 55.3 Å². The summed E-state index contributed by atoms with van der Waals surface area (Å²) in [6, 6.07) is 0. The quantitative estimate of drug-likeness (QED) is 0.694. The van der Waals surface area contributed by atoms with E-state index in [-0.39, 0.29) is 18.0 Å². The van der Waals surface area contributed by atoms with E-state index in [4.69, 9.17) is 4.74 Å². The van der Waals surface area contributed by atoms with Crippen molar-refractivity contribution in [3.8, 4) is 0 Å². The zero-order chi connectivity index (χ0) is 14.2. The minimum absolute atomic E-state index is 0.0634. The van der Waals surface area contributed by atoms with Crippen molar-refractivity contribution < 1.29 is 9.53 Å². The fraction of sp³-hybridized carbons (Fsp3) is 0.941.